The summed E-state index contributed by atoms with van der Waals surface area (Å²) < 4.78 is 5.79. The topological polar surface area (TPSA) is 38.3 Å². The van der Waals surface area contributed by atoms with Gasteiger partial charge in [0.15, 0.2) is 0 Å². The van der Waals surface area contributed by atoms with E-state index in [2.05, 4.69) is 17.4 Å². The van der Waals surface area contributed by atoms with Crippen LogP contribution in [0.25, 0.3) is 0 Å². The second-order valence-corrected chi connectivity index (χ2v) is 7.71. The van der Waals surface area contributed by atoms with Crippen LogP contribution in [0.1, 0.15) is 21.5 Å². The van der Waals surface area contributed by atoms with Crippen molar-refractivity contribution in [3.8, 4) is 5.75 Å². The average molecular weight is 412 g/mol. The lowest BCUT2D eigenvalue weighted by molar-refractivity contribution is 0.0955. The molecule has 3 nitrogen and oxygen atoms in total. The van der Waals surface area contributed by atoms with E-state index in [0.717, 1.165) is 17.1 Å². The molecule has 3 aromatic rings. The number of ether oxygens (including phenoxy) is 1. The quantitative estimate of drug-likeness (QED) is 0.467. The van der Waals surface area contributed by atoms with Gasteiger partial charge >= 0.3 is 0 Å². The molecule has 0 aliphatic heterocycles. The number of halogens is 1. The van der Waals surface area contributed by atoms with Crippen LogP contribution in [0, 0.1) is 0 Å². The molecule has 0 unspecified atom stereocenters. The molecule has 0 bridgehead atoms. The molecule has 0 aliphatic rings. The summed E-state index contributed by atoms with van der Waals surface area (Å²) in [6.45, 7) is 0.988. The van der Waals surface area contributed by atoms with Crippen LogP contribution >= 0.6 is 23.4 Å². The van der Waals surface area contributed by atoms with Gasteiger partial charge in [-0.25, -0.2) is 0 Å². The molecule has 0 heterocycles. The van der Waals surface area contributed by atoms with Gasteiger partial charge < -0.3 is 10.1 Å². The lowest BCUT2D eigenvalue weighted by Crippen LogP contribution is -2.25. The van der Waals surface area contributed by atoms with Gasteiger partial charge in [-0.05, 0) is 29.8 Å². The number of carbonyl (C=O) groups excluding carboxylic acids is 1. The van der Waals surface area contributed by atoms with Gasteiger partial charge in [0.25, 0.3) is 5.91 Å². The summed E-state index contributed by atoms with van der Waals surface area (Å²) in [4.78, 5) is 12.4. The van der Waals surface area contributed by atoms with Crippen LogP contribution in [-0.4, -0.2) is 18.2 Å². The molecule has 0 aromatic heterocycles. The standard InChI is InChI=1S/C23H22ClNO2S/c24-22-12-5-4-9-20(22)16-27-21-11-6-10-19(15-21)23(26)25-13-14-28-17-18-7-2-1-3-8-18/h1-12,15H,13-14,16-17H2,(H,25,26). The number of thioether (sulfide) groups is 1. The fourth-order valence-corrected chi connectivity index (χ4v) is 3.62. The van der Waals surface area contributed by atoms with E-state index in [1.54, 1.807) is 23.9 Å². The van der Waals surface area contributed by atoms with Crippen molar-refractivity contribution in [3.05, 3.63) is 101 Å². The van der Waals surface area contributed by atoms with E-state index in [1.807, 2.05) is 54.6 Å². The zero-order valence-corrected chi connectivity index (χ0v) is 17.0. The van der Waals surface area contributed by atoms with Gasteiger partial charge in [-0.1, -0.05) is 66.2 Å². The molecule has 5 heteroatoms. The molecular formula is C23H22ClNO2S. The molecule has 0 spiro atoms. The van der Waals surface area contributed by atoms with Crippen molar-refractivity contribution in [2.24, 2.45) is 0 Å². The lowest BCUT2D eigenvalue weighted by Gasteiger charge is -2.10. The third kappa shape index (κ3) is 6.32. The Morgan fingerprint density at radius 1 is 0.964 bits per heavy atom. The Kier molecular flexibility index (Phi) is 7.82. The predicted molar refractivity (Wildman–Crippen MR) is 117 cm³/mol. The van der Waals surface area contributed by atoms with Crippen LogP contribution in [0.4, 0.5) is 0 Å². The predicted octanol–water partition coefficient (Wildman–Crippen LogP) is 5.58. The van der Waals surface area contributed by atoms with Crippen molar-refractivity contribution in [2.75, 3.05) is 12.3 Å². The molecule has 1 amide bonds. The highest BCUT2D eigenvalue weighted by Gasteiger charge is 2.07. The summed E-state index contributed by atoms with van der Waals surface area (Å²) in [7, 11) is 0. The Morgan fingerprint density at radius 2 is 1.75 bits per heavy atom. The van der Waals surface area contributed by atoms with Crippen LogP contribution < -0.4 is 10.1 Å². The Balaban J connectivity index is 1.43. The SMILES string of the molecule is O=C(NCCSCc1ccccc1)c1cccc(OCc2ccccc2Cl)c1. The van der Waals surface area contributed by atoms with Gasteiger partial charge in [0.2, 0.25) is 0 Å². The Morgan fingerprint density at radius 3 is 2.57 bits per heavy atom. The van der Waals surface area contributed by atoms with Gasteiger partial charge in [-0.3, -0.25) is 4.79 Å². The normalized spacial score (nSPS) is 10.5. The molecule has 0 saturated heterocycles. The summed E-state index contributed by atoms with van der Waals surface area (Å²) in [5.74, 6) is 2.36. The minimum absolute atomic E-state index is 0.0940. The third-order valence-corrected chi connectivity index (χ3v) is 5.49. The first-order chi connectivity index (χ1) is 13.7. The Hall–Kier alpha value is -2.43. The minimum Gasteiger partial charge on any atom is -0.489 e. The van der Waals surface area contributed by atoms with E-state index in [1.165, 1.54) is 5.56 Å². The van der Waals surface area contributed by atoms with E-state index >= 15 is 0 Å². The van der Waals surface area contributed by atoms with Crippen LogP contribution in [0.5, 0.6) is 5.75 Å². The maximum absolute atomic E-state index is 12.4. The fraction of sp³-hybridized carbons (Fsp3) is 0.174. The van der Waals surface area contributed by atoms with Gasteiger partial charge in [0.1, 0.15) is 12.4 Å². The third-order valence-electron chi connectivity index (χ3n) is 4.09. The van der Waals surface area contributed by atoms with Crippen molar-refractivity contribution in [1.29, 1.82) is 0 Å². The molecule has 1 N–H and O–H groups in total. The van der Waals surface area contributed by atoms with E-state index in [-0.39, 0.29) is 5.91 Å². The van der Waals surface area contributed by atoms with Gasteiger partial charge in [-0.2, -0.15) is 11.8 Å². The van der Waals surface area contributed by atoms with E-state index in [4.69, 9.17) is 16.3 Å². The second kappa shape index (κ2) is 10.8. The first-order valence-electron chi connectivity index (χ1n) is 9.08. The molecule has 0 saturated carbocycles. The maximum Gasteiger partial charge on any atom is 0.251 e. The molecule has 0 radical (unpaired) electrons. The van der Waals surface area contributed by atoms with Gasteiger partial charge in [-0.15, -0.1) is 0 Å². The Bertz CT molecular complexity index is 902. The molecule has 3 rings (SSSR count). The number of carbonyl (C=O) groups is 1. The Labute approximate surface area is 175 Å². The molecule has 3 aromatic carbocycles. The molecule has 0 fully saturated rings. The smallest absolute Gasteiger partial charge is 0.251 e. The van der Waals surface area contributed by atoms with Crippen LogP contribution in [0.3, 0.4) is 0 Å². The summed E-state index contributed by atoms with van der Waals surface area (Å²) in [5, 5.41) is 3.63. The lowest BCUT2D eigenvalue weighted by atomic mass is 10.2. The number of amides is 1. The second-order valence-electron chi connectivity index (χ2n) is 6.20. The van der Waals surface area contributed by atoms with Crippen molar-refractivity contribution in [1.82, 2.24) is 5.32 Å². The number of hydrogen-bond donors (Lipinski definition) is 1. The van der Waals surface area contributed by atoms with Crippen molar-refractivity contribution >= 4 is 29.3 Å². The highest BCUT2D eigenvalue weighted by molar-refractivity contribution is 7.98. The molecule has 28 heavy (non-hydrogen) atoms. The van der Waals surface area contributed by atoms with Gasteiger partial charge in [0, 0.05) is 34.2 Å². The van der Waals surface area contributed by atoms with Crippen LogP contribution in [-0.2, 0) is 12.4 Å². The molecule has 0 aliphatic carbocycles. The molecule has 144 valence electrons. The fourth-order valence-electron chi connectivity index (χ4n) is 2.61. The monoisotopic (exact) mass is 411 g/mol. The minimum atomic E-state index is -0.0940. The largest absolute Gasteiger partial charge is 0.489 e. The summed E-state index contributed by atoms with van der Waals surface area (Å²) in [5.41, 5.74) is 2.79. The summed E-state index contributed by atoms with van der Waals surface area (Å²) in [6, 6.07) is 25.1. The van der Waals surface area contributed by atoms with Crippen molar-refractivity contribution < 1.29 is 9.53 Å². The average Bonchev–Trinajstić information content (AvgIpc) is 2.74. The number of benzene rings is 3. The van der Waals surface area contributed by atoms with E-state index in [0.29, 0.717) is 29.5 Å². The first-order valence-corrected chi connectivity index (χ1v) is 10.6. The summed E-state index contributed by atoms with van der Waals surface area (Å²) in [6.07, 6.45) is 0. The van der Waals surface area contributed by atoms with Crippen molar-refractivity contribution in [2.45, 2.75) is 12.4 Å². The molecule has 0 atom stereocenters. The highest BCUT2D eigenvalue weighted by Crippen LogP contribution is 2.19. The first kappa shape index (κ1) is 20.3. The van der Waals surface area contributed by atoms with E-state index < -0.39 is 0 Å². The zero-order chi connectivity index (χ0) is 19.6. The highest BCUT2D eigenvalue weighted by atomic mass is 35.5. The zero-order valence-electron chi connectivity index (χ0n) is 15.4. The van der Waals surface area contributed by atoms with Crippen LogP contribution in [0.15, 0.2) is 78.9 Å². The number of nitrogens with one attached hydrogen (secondary N) is 1. The van der Waals surface area contributed by atoms with Crippen molar-refractivity contribution in [3.63, 3.8) is 0 Å². The maximum atomic E-state index is 12.4. The summed E-state index contributed by atoms with van der Waals surface area (Å²) >= 11 is 7.95. The van der Waals surface area contributed by atoms with Gasteiger partial charge in [0.05, 0.1) is 0 Å². The van der Waals surface area contributed by atoms with E-state index in [9.17, 15) is 4.79 Å². The van der Waals surface area contributed by atoms with Crippen LogP contribution in [0.2, 0.25) is 5.02 Å². The molecular weight excluding hydrogens is 390 g/mol. The number of hydrogen-bond acceptors (Lipinski definition) is 3. The number of rotatable bonds is 9.